The maximum Gasteiger partial charge on any atom is 0.319 e. The van der Waals surface area contributed by atoms with E-state index in [1.807, 2.05) is 13.0 Å². The van der Waals surface area contributed by atoms with Crippen LogP contribution >= 0.6 is 11.6 Å². The van der Waals surface area contributed by atoms with Crippen LogP contribution in [0.1, 0.15) is 5.69 Å². The Morgan fingerprint density at radius 3 is 2.67 bits per heavy atom. The molecule has 0 atom stereocenters. The summed E-state index contributed by atoms with van der Waals surface area (Å²) >= 11 is 5.82. The van der Waals surface area contributed by atoms with E-state index in [0.29, 0.717) is 43.0 Å². The van der Waals surface area contributed by atoms with Crippen molar-refractivity contribution in [3.05, 3.63) is 41.0 Å². The topological polar surface area (TPSA) is 91.4 Å². The molecule has 1 aliphatic heterocycles. The summed E-state index contributed by atoms with van der Waals surface area (Å²) in [5.41, 5.74) is 1.57. The zero-order valence-corrected chi connectivity index (χ0v) is 15.9. The lowest BCUT2D eigenvalue weighted by atomic mass is 10.3. The maximum atomic E-state index is 11.9. The van der Waals surface area contributed by atoms with Gasteiger partial charge in [0, 0.05) is 48.6 Å². The van der Waals surface area contributed by atoms with Gasteiger partial charge in [-0.05, 0) is 31.2 Å². The highest BCUT2D eigenvalue weighted by Gasteiger charge is 2.14. The van der Waals surface area contributed by atoms with Gasteiger partial charge in [-0.2, -0.15) is 4.98 Å². The second kappa shape index (κ2) is 9.38. The van der Waals surface area contributed by atoms with Crippen LogP contribution in [-0.4, -0.2) is 55.4 Å². The highest BCUT2D eigenvalue weighted by molar-refractivity contribution is 6.30. The van der Waals surface area contributed by atoms with Crippen molar-refractivity contribution in [2.75, 3.05) is 54.9 Å². The van der Waals surface area contributed by atoms with Crippen molar-refractivity contribution in [3.63, 3.8) is 0 Å². The highest BCUT2D eigenvalue weighted by Crippen LogP contribution is 2.16. The minimum Gasteiger partial charge on any atom is -0.378 e. The number of hydrogen-bond acceptors (Lipinski definition) is 6. The zero-order valence-electron chi connectivity index (χ0n) is 15.2. The summed E-state index contributed by atoms with van der Waals surface area (Å²) < 4.78 is 5.38. The maximum absolute atomic E-state index is 11.9. The summed E-state index contributed by atoms with van der Waals surface area (Å²) in [4.78, 5) is 23.0. The standard InChI is InChI=1S/C18H23ClN6O2/c1-13-12-16(25-8-10-27-11-9-25)24-17(22-13)20-6-7-21-18(26)23-15-4-2-14(19)3-5-15/h2-5,12H,6-11H2,1H3,(H,20,22,24)(H2,21,23,26). The van der Waals surface area contributed by atoms with Crippen LogP contribution in [0.15, 0.2) is 30.3 Å². The third kappa shape index (κ3) is 5.97. The third-order valence-electron chi connectivity index (χ3n) is 3.97. The molecular formula is C18H23ClN6O2. The molecule has 27 heavy (non-hydrogen) atoms. The van der Waals surface area contributed by atoms with Gasteiger partial charge in [-0.3, -0.25) is 0 Å². The fourth-order valence-electron chi connectivity index (χ4n) is 2.64. The average Bonchev–Trinajstić information content (AvgIpc) is 2.67. The number of aryl methyl sites for hydroxylation is 1. The van der Waals surface area contributed by atoms with Crippen molar-refractivity contribution in [3.8, 4) is 0 Å². The minimum atomic E-state index is -0.279. The number of amides is 2. The first-order valence-electron chi connectivity index (χ1n) is 8.83. The van der Waals surface area contributed by atoms with Crippen molar-refractivity contribution in [1.82, 2.24) is 15.3 Å². The van der Waals surface area contributed by atoms with Crippen molar-refractivity contribution < 1.29 is 9.53 Å². The van der Waals surface area contributed by atoms with Gasteiger partial charge < -0.3 is 25.6 Å². The first-order chi connectivity index (χ1) is 13.1. The Bertz CT molecular complexity index is 765. The van der Waals surface area contributed by atoms with Gasteiger partial charge in [-0.1, -0.05) is 11.6 Å². The molecule has 3 rings (SSSR count). The highest BCUT2D eigenvalue weighted by atomic mass is 35.5. The molecule has 1 saturated heterocycles. The average molecular weight is 391 g/mol. The summed E-state index contributed by atoms with van der Waals surface area (Å²) in [6, 6.07) is 8.62. The normalized spacial score (nSPS) is 13.9. The lowest BCUT2D eigenvalue weighted by Gasteiger charge is -2.28. The Morgan fingerprint density at radius 2 is 1.93 bits per heavy atom. The van der Waals surface area contributed by atoms with Crippen molar-refractivity contribution >= 4 is 35.1 Å². The number of halogens is 1. The quantitative estimate of drug-likeness (QED) is 0.656. The predicted molar refractivity (Wildman–Crippen MR) is 107 cm³/mol. The molecule has 0 radical (unpaired) electrons. The number of urea groups is 1. The van der Waals surface area contributed by atoms with E-state index in [9.17, 15) is 4.79 Å². The van der Waals surface area contributed by atoms with E-state index in [2.05, 4.69) is 30.8 Å². The number of carbonyl (C=O) groups is 1. The van der Waals surface area contributed by atoms with E-state index in [1.165, 1.54) is 0 Å². The third-order valence-corrected chi connectivity index (χ3v) is 4.22. The van der Waals surface area contributed by atoms with E-state index in [4.69, 9.17) is 16.3 Å². The minimum absolute atomic E-state index is 0.279. The van der Waals surface area contributed by atoms with Gasteiger partial charge in [-0.25, -0.2) is 9.78 Å². The Labute approximate surface area is 163 Å². The number of nitrogens with one attached hydrogen (secondary N) is 3. The van der Waals surface area contributed by atoms with Gasteiger partial charge >= 0.3 is 6.03 Å². The number of hydrogen-bond donors (Lipinski definition) is 3. The van der Waals surface area contributed by atoms with E-state index >= 15 is 0 Å². The number of carbonyl (C=O) groups excluding carboxylic acids is 1. The molecule has 144 valence electrons. The van der Waals surface area contributed by atoms with E-state index in [0.717, 1.165) is 24.6 Å². The molecule has 1 aliphatic rings. The van der Waals surface area contributed by atoms with Gasteiger partial charge in [0.05, 0.1) is 13.2 Å². The van der Waals surface area contributed by atoms with Crippen molar-refractivity contribution in [1.29, 1.82) is 0 Å². The Balaban J connectivity index is 1.45. The number of aromatic nitrogens is 2. The molecule has 3 N–H and O–H groups in total. The van der Waals surface area contributed by atoms with E-state index in [1.54, 1.807) is 24.3 Å². The van der Waals surface area contributed by atoms with Crippen LogP contribution in [0.4, 0.5) is 22.2 Å². The summed E-state index contributed by atoms with van der Waals surface area (Å²) in [6.45, 7) is 5.94. The van der Waals surface area contributed by atoms with Crippen LogP contribution in [0.25, 0.3) is 0 Å². The second-order valence-corrected chi connectivity index (χ2v) is 6.54. The molecule has 8 nitrogen and oxygen atoms in total. The molecule has 9 heteroatoms. The number of morpholine rings is 1. The van der Waals surface area contributed by atoms with Crippen molar-refractivity contribution in [2.45, 2.75) is 6.92 Å². The molecule has 1 aromatic carbocycles. The fraction of sp³-hybridized carbons (Fsp3) is 0.389. The molecule has 0 spiro atoms. The zero-order chi connectivity index (χ0) is 19.1. The molecule has 2 amide bonds. The summed E-state index contributed by atoms with van der Waals surface area (Å²) in [6.07, 6.45) is 0. The molecule has 1 aromatic heterocycles. The Hall–Kier alpha value is -2.58. The van der Waals surface area contributed by atoms with Gasteiger partial charge in [0.15, 0.2) is 0 Å². The number of ether oxygens (including phenoxy) is 1. The smallest absolute Gasteiger partial charge is 0.319 e. The van der Waals surface area contributed by atoms with E-state index in [-0.39, 0.29) is 6.03 Å². The van der Waals surface area contributed by atoms with Crippen LogP contribution in [0.3, 0.4) is 0 Å². The summed E-state index contributed by atoms with van der Waals surface area (Å²) in [5, 5.41) is 9.30. The van der Waals surface area contributed by atoms with Gasteiger partial charge in [0.1, 0.15) is 5.82 Å². The van der Waals surface area contributed by atoms with Crippen LogP contribution in [0, 0.1) is 6.92 Å². The van der Waals surface area contributed by atoms with Gasteiger partial charge in [-0.15, -0.1) is 0 Å². The first-order valence-corrected chi connectivity index (χ1v) is 9.20. The second-order valence-electron chi connectivity index (χ2n) is 6.11. The predicted octanol–water partition coefficient (Wildman–Crippen LogP) is 2.51. The lowest BCUT2D eigenvalue weighted by Crippen LogP contribution is -2.37. The molecule has 1 fully saturated rings. The fourth-order valence-corrected chi connectivity index (χ4v) is 2.77. The Kier molecular flexibility index (Phi) is 6.67. The largest absolute Gasteiger partial charge is 0.378 e. The first kappa shape index (κ1) is 19.2. The molecule has 0 bridgehead atoms. The van der Waals surface area contributed by atoms with Crippen LogP contribution < -0.4 is 20.9 Å². The van der Waals surface area contributed by atoms with Crippen molar-refractivity contribution in [2.24, 2.45) is 0 Å². The molecule has 2 aromatic rings. The van der Waals surface area contributed by atoms with Crippen LogP contribution in [0.5, 0.6) is 0 Å². The lowest BCUT2D eigenvalue weighted by molar-refractivity contribution is 0.122. The molecule has 2 heterocycles. The number of rotatable bonds is 6. The molecule has 0 unspecified atom stereocenters. The van der Waals surface area contributed by atoms with Crippen LogP contribution in [0.2, 0.25) is 5.02 Å². The Morgan fingerprint density at radius 1 is 1.19 bits per heavy atom. The summed E-state index contributed by atoms with van der Waals surface area (Å²) in [5.74, 6) is 1.44. The van der Waals surface area contributed by atoms with Crippen LogP contribution in [-0.2, 0) is 4.74 Å². The van der Waals surface area contributed by atoms with Gasteiger partial charge in [0.25, 0.3) is 0 Å². The van der Waals surface area contributed by atoms with Gasteiger partial charge in [0.2, 0.25) is 5.95 Å². The summed E-state index contributed by atoms with van der Waals surface area (Å²) in [7, 11) is 0. The number of benzene rings is 1. The molecular weight excluding hydrogens is 368 g/mol. The number of nitrogens with zero attached hydrogens (tertiary/aromatic N) is 3. The molecule has 0 saturated carbocycles. The SMILES string of the molecule is Cc1cc(N2CCOCC2)nc(NCCNC(=O)Nc2ccc(Cl)cc2)n1. The number of anilines is 3. The monoisotopic (exact) mass is 390 g/mol. The molecule has 0 aliphatic carbocycles. The van der Waals surface area contributed by atoms with E-state index < -0.39 is 0 Å².